The Labute approximate surface area is 166 Å². The summed E-state index contributed by atoms with van der Waals surface area (Å²) in [5, 5.41) is 13.7. The second-order valence-corrected chi connectivity index (χ2v) is 10.1. The van der Waals surface area contributed by atoms with Crippen LogP contribution in [0.3, 0.4) is 0 Å². The molecular formula is C22H26N2O3S. The number of hydrogen-bond acceptors (Lipinski definition) is 3. The molecule has 1 aromatic heterocycles. The molecule has 0 amide bonds. The molecule has 2 heterocycles. The Bertz CT molecular complexity index is 1070. The maximum absolute atomic E-state index is 12.6. The van der Waals surface area contributed by atoms with E-state index in [0.717, 1.165) is 41.3 Å². The molecule has 2 aromatic carbocycles. The SMILES string of the molecule is C[N@@+]1([O-])CCCC1Cc1c[nH]c2ccc(CCS(=O)(=O)c3ccccc3)cc12. The number of benzene rings is 2. The third-order valence-electron chi connectivity index (χ3n) is 5.96. The highest BCUT2D eigenvalue weighted by Crippen LogP contribution is 2.29. The van der Waals surface area contributed by atoms with Crippen LogP contribution in [0, 0.1) is 5.21 Å². The van der Waals surface area contributed by atoms with Gasteiger partial charge in [-0.25, -0.2) is 8.42 Å². The molecule has 28 heavy (non-hydrogen) atoms. The van der Waals surface area contributed by atoms with Crippen LogP contribution in [0.4, 0.5) is 0 Å². The van der Waals surface area contributed by atoms with E-state index in [0.29, 0.717) is 17.9 Å². The molecule has 3 aromatic rings. The number of H-pyrrole nitrogens is 1. The minimum Gasteiger partial charge on any atom is -0.633 e. The van der Waals surface area contributed by atoms with E-state index in [4.69, 9.17) is 0 Å². The van der Waals surface area contributed by atoms with E-state index < -0.39 is 9.84 Å². The minimum absolute atomic E-state index is 0.0838. The largest absolute Gasteiger partial charge is 0.633 e. The molecule has 0 aliphatic carbocycles. The lowest BCUT2D eigenvalue weighted by Gasteiger charge is -2.40. The molecule has 0 radical (unpaired) electrons. The maximum atomic E-state index is 12.6. The Kier molecular flexibility index (Phi) is 5.04. The highest BCUT2D eigenvalue weighted by atomic mass is 32.2. The van der Waals surface area contributed by atoms with Crippen molar-refractivity contribution in [3.63, 3.8) is 0 Å². The Balaban J connectivity index is 1.53. The van der Waals surface area contributed by atoms with Crippen molar-refractivity contribution in [2.24, 2.45) is 0 Å². The normalized spacial score (nSPS) is 22.7. The van der Waals surface area contributed by atoms with E-state index in [9.17, 15) is 13.6 Å². The zero-order valence-corrected chi connectivity index (χ0v) is 16.9. The van der Waals surface area contributed by atoms with Crippen molar-refractivity contribution in [1.29, 1.82) is 0 Å². The summed E-state index contributed by atoms with van der Waals surface area (Å²) in [5.41, 5.74) is 3.18. The van der Waals surface area contributed by atoms with E-state index in [2.05, 4.69) is 11.1 Å². The van der Waals surface area contributed by atoms with Crippen molar-refractivity contribution < 1.29 is 13.1 Å². The van der Waals surface area contributed by atoms with Gasteiger partial charge in [-0.1, -0.05) is 24.3 Å². The molecule has 4 rings (SSSR count). The number of likely N-dealkylation sites (N-methyl/N-ethyl adjacent to an activating group) is 1. The number of aromatic nitrogens is 1. The lowest BCUT2D eigenvalue weighted by atomic mass is 10.0. The molecule has 1 unspecified atom stereocenters. The molecule has 0 spiro atoms. The number of nitrogens with one attached hydrogen (secondary N) is 1. The number of fused-ring (bicyclic) bond motifs is 1. The number of sulfone groups is 1. The quantitative estimate of drug-likeness (QED) is 0.507. The van der Waals surface area contributed by atoms with E-state index in [-0.39, 0.29) is 16.4 Å². The fourth-order valence-electron chi connectivity index (χ4n) is 4.19. The van der Waals surface area contributed by atoms with Crippen molar-refractivity contribution in [1.82, 2.24) is 4.98 Å². The van der Waals surface area contributed by atoms with E-state index in [1.807, 2.05) is 24.4 Å². The first kappa shape index (κ1) is 19.2. The summed E-state index contributed by atoms with van der Waals surface area (Å²) >= 11 is 0. The smallest absolute Gasteiger partial charge is 0.178 e. The Morgan fingerprint density at radius 2 is 1.96 bits per heavy atom. The molecule has 1 fully saturated rings. The molecule has 1 N–H and O–H groups in total. The number of rotatable bonds is 6. The van der Waals surface area contributed by atoms with E-state index in [1.165, 1.54) is 0 Å². The molecule has 148 valence electrons. The summed E-state index contributed by atoms with van der Waals surface area (Å²) in [6, 6.07) is 14.7. The minimum atomic E-state index is -3.29. The molecule has 6 heteroatoms. The topological polar surface area (TPSA) is 73.0 Å². The van der Waals surface area contributed by atoms with Gasteiger partial charge in [-0.2, -0.15) is 0 Å². The van der Waals surface area contributed by atoms with Crippen LogP contribution >= 0.6 is 0 Å². The van der Waals surface area contributed by atoms with Gasteiger partial charge in [0.1, 0.15) is 0 Å². The number of likely N-dealkylation sites (tertiary alicyclic amines) is 1. The van der Waals surface area contributed by atoms with Gasteiger partial charge in [-0.3, -0.25) is 0 Å². The summed E-state index contributed by atoms with van der Waals surface area (Å²) in [6.45, 7) is 0.690. The van der Waals surface area contributed by atoms with Crippen LogP contribution < -0.4 is 0 Å². The van der Waals surface area contributed by atoms with Gasteiger partial charge in [0.25, 0.3) is 0 Å². The van der Waals surface area contributed by atoms with E-state index in [1.54, 1.807) is 31.3 Å². The molecule has 5 nitrogen and oxygen atoms in total. The Morgan fingerprint density at radius 1 is 1.18 bits per heavy atom. The fraction of sp³-hybridized carbons (Fsp3) is 0.364. The number of nitrogens with zero attached hydrogens (tertiary/aromatic N) is 1. The average Bonchev–Trinajstić information content (AvgIpc) is 3.24. The summed E-state index contributed by atoms with van der Waals surface area (Å²) in [7, 11) is -1.52. The van der Waals surface area contributed by atoms with Gasteiger partial charge in [-0.15, -0.1) is 0 Å². The third-order valence-corrected chi connectivity index (χ3v) is 7.69. The maximum Gasteiger partial charge on any atom is 0.178 e. The predicted molar refractivity (Wildman–Crippen MR) is 112 cm³/mol. The molecule has 1 saturated heterocycles. The van der Waals surface area contributed by atoms with Crippen molar-refractivity contribution in [3.8, 4) is 0 Å². The van der Waals surface area contributed by atoms with Gasteiger partial charge in [0.2, 0.25) is 0 Å². The molecule has 1 aliphatic rings. The van der Waals surface area contributed by atoms with Crippen LogP contribution in [-0.4, -0.2) is 43.4 Å². The van der Waals surface area contributed by atoms with Gasteiger partial charge in [0.05, 0.1) is 30.3 Å². The molecule has 1 aliphatic heterocycles. The zero-order chi connectivity index (χ0) is 19.8. The zero-order valence-electron chi connectivity index (χ0n) is 16.1. The van der Waals surface area contributed by atoms with Crippen molar-refractivity contribution in [3.05, 3.63) is 71.1 Å². The standard InChI is InChI=1S/C22H26N2O3S/c1-24(25)12-5-6-19(24)15-18-16-23-22-10-9-17(14-21(18)22)11-13-28(26,27)20-7-3-2-4-8-20/h2-4,7-10,14,16,19,23H,5-6,11-13,15H2,1H3/t19?,24-/m1/s1. The summed E-state index contributed by atoms with van der Waals surface area (Å²) < 4.78 is 24.9. The number of aryl methyl sites for hydroxylation is 1. The lowest BCUT2D eigenvalue weighted by molar-refractivity contribution is -0.872. The van der Waals surface area contributed by atoms with Crippen LogP contribution in [0.1, 0.15) is 24.0 Å². The monoisotopic (exact) mass is 398 g/mol. The first-order valence-electron chi connectivity index (χ1n) is 9.78. The molecule has 2 atom stereocenters. The second kappa shape index (κ2) is 7.35. The van der Waals surface area contributed by atoms with Crippen LogP contribution in [0.15, 0.2) is 59.6 Å². The van der Waals surface area contributed by atoms with Crippen LogP contribution in [0.25, 0.3) is 10.9 Å². The fourth-order valence-corrected chi connectivity index (χ4v) is 5.51. The second-order valence-electron chi connectivity index (χ2n) is 7.97. The first-order chi connectivity index (χ1) is 13.4. The lowest BCUT2D eigenvalue weighted by Crippen LogP contribution is -2.43. The average molecular weight is 399 g/mol. The molecule has 0 saturated carbocycles. The number of aromatic amines is 1. The van der Waals surface area contributed by atoms with Crippen molar-refractivity contribution in [2.75, 3.05) is 19.3 Å². The number of quaternary nitrogens is 1. The van der Waals surface area contributed by atoms with Gasteiger partial charge in [-0.05, 0) is 41.8 Å². The highest BCUT2D eigenvalue weighted by Gasteiger charge is 2.31. The Hall–Kier alpha value is -2.15. The van der Waals surface area contributed by atoms with Gasteiger partial charge in [0, 0.05) is 36.4 Å². The summed E-state index contributed by atoms with van der Waals surface area (Å²) in [4.78, 5) is 3.66. The van der Waals surface area contributed by atoms with Crippen LogP contribution in [0.5, 0.6) is 0 Å². The van der Waals surface area contributed by atoms with Gasteiger partial charge >= 0.3 is 0 Å². The third kappa shape index (κ3) is 3.85. The highest BCUT2D eigenvalue weighted by molar-refractivity contribution is 7.91. The Morgan fingerprint density at radius 3 is 2.68 bits per heavy atom. The van der Waals surface area contributed by atoms with Gasteiger partial charge in [0.15, 0.2) is 9.84 Å². The van der Waals surface area contributed by atoms with Crippen molar-refractivity contribution >= 4 is 20.7 Å². The molecular weight excluding hydrogens is 372 g/mol. The number of hydroxylamine groups is 3. The number of hydrogen-bond donors (Lipinski definition) is 1. The molecule has 0 bridgehead atoms. The van der Waals surface area contributed by atoms with E-state index >= 15 is 0 Å². The summed E-state index contributed by atoms with van der Waals surface area (Å²) in [5.74, 6) is 0.0838. The van der Waals surface area contributed by atoms with Crippen molar-refractivity contribution in [2.45, 2.75) is 36.6 Å². The van der Waals surface area contributed by atoms with Gasteiger partial charge < -0.3 is 14.8 Å². The van der Waals surface area contributed by atoms with Crippen LogP contribution in [0.2, 0.25) is 0 Å². The summed E-state index contributed by atoms with van der Waals surface area (Å²) in [6.07, 6.45) is 5.16. The van der Waals surface area contributed by atoms with Crippen LogP contribution in [-0.2, 0) is 22.7 Å². The first-order valence-corrected chi connectivity index (χ1v) is 11.4. The predicted octanol–water partition coefficient (Wildman–Crippen LogP) is 3.83.